The van der Waals surface area contributed by atoms with E-state index in [1.54, 1.807) is 0 Å². The third-order valence-corrected chi connectivity index (χ3v) is 7.03. The molecule has 82 valence electrons. The van der Waals surface area contributed by atoms with Gasteiger partial charge in [0, 0.05) is 31.3 Å². The number of hydrogen-bond acceptors (Lipinski definition) is 5. The van der Waals surface area contributed by atoms with Gasteiger partial charge in [-0.15, -0.1) is 0 Å². The number of rotatable bonds is 1. The van der Waals surface area contributed by atoms with Crippen LogP contribution in [0, 0.1) is 5.41 Å². The Morgan fingerprint density at radius 2 is 1.36 bits per heavy atom. The molecule has 0 aromatic rings. The van der Waals surface area contributed by atoms with Crippen molar-refractivity contribution in [2.24, 2.45) is 5.41 Å². The Labute approximate surface area is 82.4 Å². The second-order valence-electron chi connectivity index (χ2n) is 4.51. The monoisotopic (exact) mass is 223 g/mol. The number of fused-ring (bicyclic) bond motifs is 3. The molecule has 3 rings (SSSR count). The minimum Gasteiger partial charge on any atom is -0.396 e. The molecule has 3 heterocycles. The standard InChI is InChI=1S/C8H16O5P/c9-4-8-1-5(10)14(13,6(11)2-8)7(12)3-8/h5-7,9-13H,1-4H2/q+1. The number of hydrogen-bond donors (Lipinski definition) is 5. The van der Waals surface area contributed by atoms with Gasteiger partial charge in [0.25, 0.3) is 0 Å². The minimum atomic E-state index is -3.05. The van der Waals surface area contributed by atoms with Crippen LogP contribution < -0.4 is 0 Å². The molecule has 3 fully saturated rings. The predicted molar refractivity (Wildman–Crippen MR) is 50.5 cm³/mol. The van der Waals surface area contributed by atoms with Crippen molar-refractivity contribution in [3.05, 3.63) is 0 Å². The Balaban J connectivity index is 2.34. The highest BCUT2D eigenvalue weighted by Gasteiger charge is 2.70. The summed E-state index contributed by atoms with van der Waals surface area (Å²) in [6.45, 7) is -0.168. The SMILES string of the molecule is OCC12CC(O)[P+](O)(C(O)C1)C(O)C2. The van der Waals surface area contributed by atoms with Gasteiger partial charge in [-0.3, -0.25) is 0 Å². The molecule has 0 aromatic heterocycles. The van der Waals surface area contributed by atoms with Gasteiger partial charge in [-0.2, -0.15) is 0 Å². The fraction of sp³-hybridized carbons (Fsp3) is 1.00. The smallest absolute Gasteiger partial charge is 0.229 e. The molecule has 3 unspecified atom stereocenters. The first-order valence-corrected chi connectivity index (χ1v) is 6.65. The van der Waals surface area contributed by atoms with Crippen LogP contribution in [0.15, 0.2) is 0 Å². The summed E-state index contributed by atoms with van der Waals surface area (Å²) >= 11 is 0. The lowest BCUT2D eigenvalue weighted by molar-refractivity contribution is -0.0347. The second-order valence-corrected chi connectivity index (χ2v) is 7.88. The molecule has 0 aliphatic carbocycles. The maximum atomic E-state index is 10.0. The molecule has 3 atom stereocenters. The summed E-state index contributed by atoms with van der Waals surface area (Å²) in [6, 6.07) is 0. The van der Waals surface area contributed by atoms with Crippen LogP contribution in [0.25, 0.3) is 0 Å². The zero-order valence-electron chi connectivity index (χ0n) is 7.74. The Morgan fingerprint density at radius 1 is 1.00 bits per heavy atom. The molecule has 5 N–H and O–H groups in total. The lowest BCUT2D eigenvalue weighted by Crippen LogP contribution is -2.53. The first-order valence-electron chi connectivity index (χ1n) is 4.70. The summed E-state index contributed by atoms with van der Waals surface area (Å²) in [6.07, 6.45) is 0.839. The topological polar surface area (TPSA) is 101 Å². The summed E-state index contributed by atoms with van der Waals surface area (Å²) in [7, 11) is -3.05. The molecule has 0 saturated carbocycles. The second kappa shape index (κ2) is 3.11. The van der Waals surface area contributed by atoms with Crippen LogP contribution in [-0.2, 0) is 0 Å². The molecule has 5 nitrogen and oxygen atoms in total. The molecule has 0 radical (unpaired) electrons. The normalized spacial score (nSPS) is 57.6. The molecule has 3 aliphatic rings. The van der Waals surface area contributed by atoms with Gasteiger partial charge in [0.1, 0.15) is 0 Å². The maximum absolute atomic E-state index is 10.0. The van der Waals surface area contributed by atoms with Crippen LogP contribution in [0.1, 0.15) is 19.3 Å². The highest BCUT2D eigenvalue weighted by atomic mass is 31.2. The van der Waals surface area contributed by atoms with E-state index in [0.29, 0.717) is 0 Å². The molecule has 6 heteroatoms. The lowest BCUT2D eigenvalue weighted by atomic mass is 9.78. The van der Waals surface area contributed by atoms with Gasteiger partial charge in [0.05, 0.1) is 0 Å². The van der Waals surface area contributed by atoms with Crippen molar-refractivity contribution in [1.29, 1.82) is 0 Å². The van der Waals surface area contributed by atoms with Gasteiger partial charge >= 0.3 is 0 Å². The van der Waals surface area contributed by atoms with E-state index in [-0.39, 0.29) is 25.9 Å². The highest BCUT2D eigenvalue weighted by Crippen LogP contribution is 2.77. The van der Waals surface area contributed by atoms with E-state index < -0.39 is 30.4 Å². The van der Waals surface area contributed by atoms with Crippen molar-refractivity contribution in [1.82, 2.24) is 0 Å². The minimum absolute atomic E-state index is 0.168. The number of aliphatic hydroxyl groups is 4. The summed E-state index contributed by atoms with van der Waals surface area (Å²) in [5.41, 5.74) is -0.608. The summed E-state index contributed by atoms with van der Waals surface area (Å²) in [5, 5.41) is 38.2. The van der Waals surface area contributed by atoms with E-state index in [1.165, 1.54) is 0 Å². The highest BCUT2D eigenvalue weighted by molar-refractivity contribution is 7.72. The first-order chi connectivity index (χ1) is 6.44. The third kappa shape index (κ3) is 1.18. The fourth-order valence-electron chi connectivity index (χ4n) is 2.64. The Hall–Kier alpha value is 0.230. The first kappa shape index (κ1) is 10.7. The Morgan fingerprint density at radius 3 is 1.64 bits per heavy atom. The van der Waals surface area contributed by atoms with Crippen LogP contribution in [0.3, 0.4) is 0 Å². The molecule has 0 spiro atoms. The van der Waals surface area contributed by atoms with Gasteiger partial charge in [0.15, 0.2) is 17.5 Å². The van der Waals surface area contributed by atoms with Gasteiger partial charge in [-0.1, -0.05) is 0 Å². The zero-order chi connectivity index (χ0) is 10.6. The van der Waals surface area contributed by atoms with Crippen LogP contribution in [0.5, 0.6) is 0 Å². The van der Waals surface area contributed by atoms with E-state index in [0.717, 1.165) is 0 Å². The average molecular weight is 223 g/mol. The largest absolute Gasteiger partial charge is 0.396 e. The Bertz CT molecular complexity index is 212. The van der Waals surface area contributed by atoms with E-state index in [2.05, 4.69) is 0 Å². The van der Waals surface area contributed by atoms with E-state index in [4.69, 9.17) is 0 Å². The zero-order valence-corrected chi connectivity index (χ0v) is 8.64. The predicted octanol–water partition coefficient (Wildman–Crippen LogP) is -0.957. The average Bonchev–Trinajstić information content (AvgIpc) is 2.11. The fourth-order valence-corrected chi connectivity index (χ4v) is 5.87. The lowest BCUT2D eigenvalue weighted by Gasteiger charge is -2.51. The molecular weight excluding hydrogens is 207 g/mol. The van der Waals surface area contributed by atoms with Crippen LogP contribution in [-0.4, -0.2) is 49.5 Å². The van der Waals surface area contributed by atoms with Crippen molar-refractivity contribution in [2.75, 3.05) is 6.61 Å². The quantitative estimate of drug-likeness (QED) is 0.369. The van der Waals surface area contributed by atoms with Crippen molar-refractivity contribution in [3.8, 4) is 0 Å². The van der Waals surface area contributed by atoms with Crippen molar-refractivity contribution < 1.29 is 25.3 Å². The Kier molecular flexibility index (Phi) is 2.38. The molecule has 0 amide bonds. The van der Waals surface area contributed by atoms with Gasteiger partial charge < -0.3 is 20.4 Å². The van der Waals surface area contributed by atoms with Crippen molar-refractivity contribution in [3.63, 3.8) is 0 Å². The van der Waals surface area contributed by atoms with Crippen molar-refractivity contribution >= 4 is 7.49 Å². The van der Waals surface area contributed by atoms with Crippen LogP contribution in [0.2, 0.25) is 0 Å². The third-order valence-electron chi connectivity index (χ3n) is 3.61. The van der Waals surface area contributed by atoms with E-state index >= 15 is 0 Å². The maximum Gasteiger partial charge on any atom is 0.229 e. The molecule has 0 aromatic carbocycles. The molecule has 3 saturated heterocycles. The molecule has 2 bridgehead atoms. The summed E-state index contributed by atoms with van der Waals surface area (Å²) in [4.78, 5) is 10.0. The van der Waals surface area contributed by atoms with Crippen LogP contribution in [0.4, 0.5) is 0 Å². The van der Waals surface area contributed by atoms with Crippen molar-refractivity contribution in [2.45, 2.75) is 36.8 Å². The van der Waals surface area contributed by atoms with Crippen LogP contribution >= 0.6 is 7.49 Å². The van der Waals surface area contributed by atoms with Gasteiger partial charge in [-0.05, 0) is 0 Å². The summed E-state index contributed by atoms with van der Waals surface area (Å²) in [5.74, 6) is -3.16. The number of aliphatic hydroxyl groups excluding tert-OH is 4. The molecular formula is C8H16O5P+. The molecule has 14 heavy (non-hydrogen) atoms. The molecule has 3 aliphatic heterocycles. The van der Waals surface area contributed by atoms with Gasteiger partial charge in [-0.25, -0.2) is 4.89 Å². The van der Waals surface area contributed by atoms with E-state index in [1.807, 2.05) is 0 Å². The van der Waals surface area contributed by atoms with E-state index in [9.17, 15) is 25.3 Å². The van der Waals surface area contributed by atoms with Gasteiger partial charge in [0.2, 0.25) is 7.49 Å². The summed E-state index contributed by atoms with van der Waals surface area (Å²) < 4.78 is 0.